The van der Waals surface area contributed by atoms with Crippen molar-refractivity contribution in [2.45, 2.75) is 0 Å². The topological polar surface area (TPSA) is 60.8 Å². The van der Waals surface area contributed by atoms with Crippen LogP contribution in [0.3, 0.4) is 0 Å². The van der Waals surface area contributed by atoms with Gasteiger partial charge in [-0.15, -0.1) is 6.58 Å². The lowest BCUT2D eigenvalue weighted by Crippen LogP contribution is -2.28. The van der Waals surface area contributed by atoms with Crippen molar-refractivity contribution in [1.82, 2.24) is 0 Å². The lowest BCUT2D eigenvalue weighted by molar-refractivity contribution is 0.0697. The van der Waals surface area contributed by atoms with Crippen molar-refractivity contribution in [3.05, 3.63) is 42.5 Å². The van der Waals surface area contributed by atoms with E-state index in [2.05, 4.69) is 6.58 Å². The van der Waals surface area contributed by atoms with Crippen LogP contribution in [0.2, 0.25) is 0 Å². The summed E-state index contributed by atoms with van der Waals surface area (Å²) >= 11 is 0. The highest BCUT2D eigenvalue weighted by atomic mass is 16.4. The van der Waals surface area contributed by atoms with Crippen LogP contribution >= 0.6 is 0 Å². The monoisotopic (exact) mass is 221 g/mol. The molecular weight excluding hydrogens is 206 g/mol. The lowest BCUT2D eigenvalue weighted by Gasteiger charge is -2.23. The van der Waals surface area contributed by atoms with E-state index >= 15 is 0 Å². The van der Waals surface area contributed by atoms with E-state index in [0.29, 0.717) is 18.8 Å². The Bertz CT molecular complexity index is 376. The molecule has 0 atom stereocenters. The van der Waals surface area contributed by atoms with E-state index in [9.17, 15) is 4.79 Å². The third-order valence-electron chi connectivity index (χ3n) is 2.19. The molecule has 0 fully saturated rings. The smallest absolute Gasteiger partial charge is 0.337 e. The third-order valence-corrected chi connectivity index (χ3v) is 2.19. The summed E-state index contributed by atoms with van der Waals surface area (Å²) in [5.74, 6) is -0.970. The van der Waals surface area contributed by atoms with Crippen molar-refractivity contribution in [2.24, 2.45) is 0 Å². The van der Waals surface area contributed by atoms with Crippen LogP contribution in [0.4, 0.5) is 5.69 Å². The number of hydrogen-bond acceptors (Lipinski definition) is 3. The molecule has 0 saturated heterocycles. The zero-order chi connectivity index (χ0) is 12.0. The van der Waals surface area contributed by atoms with Crippen LogP contribution in [0.5, 0.6) is 0 Å². The second-order valence-electron chi connectivity index (χ2n) is 3.28. The number of anilines is 1. The number of benzene rings is 1. The largest absolute Gasteiger partial charge is 0.478 e. The Labute approximate surface area is 94.4 Å². The molecule has 4 nitrogen and oxygen atoms in total. The van der Waals surface area contributed by atoms with Crippen molar-refractivity contribution >= 4 is 11.7 Å². The number of nitrogens with zero attached hydrogens (tertiary/aromatic N) is 1. The first kappa shape index (κ1) is 12.3. The molecule has 0 aliphatic rings. The second kappa shape index (κ2) is 5.92. The fraction of sp³-hybridized carbons (Fsp3) is 0.250. The van der Waals surface area contributed by atoms with Gasteiger partial charge in [-0.2, -0.15) is 0 Å². The van der Waals surface area contributed by atoms with Gasteiger partial charge in [0.25, 0.3) is 0 Å². The lowest BCUT2D eigenvalue weighted by atomic mass is 10.1. The molecule has 0 amide bonds. The first-order valence-corrected chi connectivity index (χ1v) is 4.99. The number of carboxylic acid groups (broad SMARTS) is 1. The summed E-state index contributed by atoms with van der Waals surface area (Å²) in [5, 5.41) is 18.0. The van der Waals surface area contributed by atoms with Crippen LogP contribution in [-0.2, 0) is 0 Å². The fourth-order valence-electron chi connectivity index (χ4n) is 1.52. The van der Waals surface area contributed by atoms with Crippen molar-refractivity contribution in [3.63, 3.8) is 0 Å². The van der Waals surface area contributed by atoms with Gasteiger partial charge in [0.05, 0.1) is 17.9 Å². The van der Waals surface area contributed by atoms with Gasteiger partial charge in [-0.1, -0.05) is 18.2 Å². The van der Waals surface area contributed by atoms with Gasteiger partial charge in [0.1, 0.15) is 0 Å². The standard InChI is InChI=1S/C12H15NO3/c1-2-7-13(8-9-14)11-6-4-3-5-10(11)12(15)16/h2-6,14H,1,7-9H2,(H,15,16). The van der Waals surface area contributed by atoms with E-state index in [4.69, 9.17) is 10.2 Å². The molecule has 0 spiro atoms. The van der Waals surface area contributed by atoms with Crippen molar-refractivity contribution in [3.8, 4) is 0 Å². The van der Waals surface area contributed by atoms with Gasteiger partial charge >= 0.3 is 5.97 Å². The summed E-state index contributed by atoms with van der Waals surface area (Å²) in [6.45, 7) is 4.48. The van der Waals surface area contributed by atoms with E-state index in [0.717, 1.165) is 0 Å². The summed E-state index contributed by atoms with van der Waals surface area (Å²) in [5.41, 5.74) is 0.835. The zero-order valence-electron chi connectivity index (χ0n) is 8.97. The molecule has 1 aromatic rings. The minimum absolute atomic E-state index is 0.0260. The molecule has 0 aromatic heterocycles. The van der Waals surface area contributed by atoms with Crippen LogP contribution in [0.25, 0.3) is 0 Å². The highest BCUT2D eigenvalue weighted by molar-refractivity contribution is 5.94. The predicted molar refractivity (Wildman–Crippen MR) is 62.9 cm³/mol. The molecule has 0 heterocycles. The number of para-hydroxylation sites is 1. The highest BCUT2D eigenvalue weighted by Gasteiger charge is 2.13. The molecule has 86 valence electrons. The van der Waals surface area contributed by atoms with Gasteiger partial charge in [0.15, 0.2) is 0 Å². The van der Waals surface area contributed by atoms with Crippen molar-refractivity contribution in [1.29, 1.82) is 0 Å². The summed E-state index contributed by atoms with van der Waals surface area (Å²) in [7, 11) is 0. The van der Waals surface area contributed by atoms with Crippen LogP contribution in [-0.4, -0.2) is 35.9 Å². The number of hydrogen-bond donors (Lipinski definition) is 2. The predicted octanol–water partition coefficient (Wildman–Crippen LogP) is 1.37. The molecule has 1 rings (SSSR count). The Morgan fingerprint density at radius 2 is 2.12 bits per heavy atom. The number of aliphatic hydroxyl groups is 1. The average Bonchev–Trinajstić information content (AvgIpc) is 2.29. The molecule has 0 bridgehead atoms. The van der Waals surface area contributed by atoms with E-state index < -0.39 is 5.97 Å². The summed E-state index contributed by atoms with van der Waals surface area (Å²) in [6.07, 6.45) is 1.67. The number of rotatable bonds is 6. The molecular formula is C12H15NO3. The van der Waals surface area contributed by atoms with Crippen LogP contribution in [0.15, 0.2) is 36.9 Å². The summed E-state index contributed by atoms with van der Waals surface area (Å²) in [4.78, 5) is 12.8. The van der Waals surface area contributed by atoms with E-state index in [-0.39, 0.29) is 12.2 Å². The quantitative estimate of drug-likeness (QED) is 0.712. The number of aliphatic hydroxyl groups excluding tert-OH is 1. The van der Waals surface area contributed by atoms with Crippen LogP contribution in [0.1, 0.15) is 10.4 Å². The average molecular weight is 221 g/mol. The first-order valence-electron chi connectivity index (χ1n) is 4.99. The first-order chi connectivity index (χ1) is 7.70. The second-order valence-corrected chi connectivity index (χ2v) is 3.28. The van der Waals surface area contributed by atoms with Gasteiger partial charge in [0.2, 0.25) is 0 Å². The molecule has 0 aliphatic carbocycles. The minimum atomic E-state index is -0.970. The van der Waals surface area contributed by atoms with Crippen molar-refractivity contribution < 1.29 is 15.0 Å². The Kier molecular flexibility index (Phi) is 4.54. The van der Waals surface area contributed by atoms with E-state index in [1.54, 1.807) is 35.2 Å². The van der Waals surface area contributed by atoms with Gasteiger partial charge in [0, 0.05) is 13.1 Å². The summed E-state index contributed by atoms with van der Waals surface area (Å²) < 4.78 is 0. The SMILES string of the molecule is C=CCN(CCO)c1ccccc1C(=O)O. The van der Waals surface area contributed by atoms with Crippen molar-refractivity contribution in [2.75, 3.05) is 24.6 Å². The zero-order valence-corrected chi connectivity index (χ0v) is 8.97. The maximum atomic E-state index is 11.0. The molecule has 0 saturated carbocycles. The maximum absolute atomic E-state index is 11.0. The third kappa shape index (κ3) is 2.84. The molecule has 2 N–H and O–H groups in total. The maximum Gasteiger partial charge on any atom is 0.337 e. The van der Waals surface area contributed by atoms with Gasteiger partial charge in [-0.3, -0.25) is 0 Å². The summed E-state index contributed by atoms with van der Waals surface area (Å²) in [6, 6.07) is 6.72. The van der Waals surface area contributed by atoms with Gasteiger partial charge < -0.3 is 15.1 Å². The molecule has 0 aliphatic heterocycles. The Balaban J connectivity index is 3.06. The number of carbonyl (C=O) groups is 1. The highest BCUT2D eigenvalue weighted by Crippen LogP contribution is 2.19. The Morgan fingerprint density at radius 1 is 1.44 bits per heavy atom. The fourth-order valence-corrected chi connectivity index (χ4v) is 1.52. The molecule has 4 heteroatoms. The number of aromatic carboxylic acids is 1. The molecule has 1 aromatic carbocycles. The van der Waals surface area contributed by atoms with E-state index in [1.807, 2.05) is 0 Å². The van der Waals surface area contributed by atoms with Crippen LogP contribution in [0, 0.1) is 0 Å². The van der Waals surface area contributed by atoms with Gasteiger partial charge in [-0.25, -0.2) is 4.79 Å². The molecule has 0 radical (unpaired) electrons. The van der Waals surface area contributed by atoms with Crippen LogP contribution < -0.4 is 4.90 Å². The number of carboxylic acids is 1. The molecule has 0 unspecified atom stereocenters. The molecule has 16 heavy (non-hydrogen) atoms. The van der Waals surface area contributed by atoms with E-state index in [1.165, 1.54) is 0 Å². The Hall–Kier alpha value is -1.81. The normalized spacial score (nSPS) is 9.81. The minimum Gasteiger partial charge on any atom is -0.478 e. The van der Waals surface area contributed by atoms with Gasteiger partial charge in [-0.05, 0) is 12.1 Å². The Morgan fingerprint density at radius 3 is 2.69 bits per heavy atom.